The standard InChI is InChI=1S/C16H24N2O3S/c1-16(2,3)21-15(19)18-9-6-14(10-18)12-22(20)11-13-4-7-17-8-5-13/h4-5,7-8,14H,6,9-12H2,1-3H3/t14-,22+/m0/s1. The van der Waals surface area contributed by atoms with Gasteiger partial charge in [-0.05, 0) is 50.8 Å². The predicted molar refractivity (Wildman–Crippen MR) is 86.9 cm³/mol. The Hall–Kier alpha value is -1.43. The summed E-state index contributed by atoms with van der Waals surface area (Å²) in [5.41, 5.74) is 0.564. The van der Waals surface area contributed by atoms with E-state index in [1.54, 1.807) is 17.3 Å². The lowest BCUT2D eigenvalue weighted by Gasteiger charge is -2.24. The number of carbonyl (C=O) groups is 1. The molecule has 6 heteroatoms. The fourth-order valence-electron chi connectivity index (χ4n) is 2.45. The Balaban J connectivity index is 1.79. The summed E-state index contributed by atoms with van der Waals surface area (Å²) in [6.45, 7) is 6.91. The molecule has 0 bridgehead atoms. The molecule has 122 valence electrons. The van der Waals surface area contributed by atoms with Gasteiger partial charge in [-0.3, -0.25) is 9.19 Å². The van der Waals surface area contributed by atoms with E-state index in [1.807, 2.05) is 32.9 Å². The van der Waals surface area contributed by atoms with Crippen LogP contribution in [0.3, 0.4) is 0 Å². The average molecular weight is 324 g/mol. The highest BCUT2D eigenvalue weighted by Gasteiger charge is 2.30. The molecule has 1 aliphatic rings. The number of aromatic nitrogens is 1. The summed E-state index contributed by atoms with van der Waals surface area (Å²) in [6, 6.07) is 3.78. The Bertz CT molecular complexity index is 528. The first-order valence-corrected chi connectivity index (χ1v) is 9.04. The number of carbonyl (C=O) groups excluding carboxylic acids is 1. The second kappa shape index (κ2) is 7.22. The van der Waals surface area contributed by atoms with Gasteiger partial charge in [0.15, 0.2) is 0 Å². The van der Waals surface area contributed by atoms with Gasteiger partial charge in [-0.25, -0.2) is 4.79 Å². The quantitative estimate of drug-likeness (QED) is 0.854. The van der Waals surface area contributed by atoms with Crippen molar-refractivity contribution in [1.29, 1.82) is 0 Å². The predicted octanol–water partition coefficient (Wildman–Crippen LogP) is 2.59. The molecule has 1 saturated heterocycles. The second-order valence-electron chi connectivity index (χ2n) is 6.69. The molecule has 2 atom stereocenters. The molecule has 0 unspecified atom stereocenters. The van der Waals surface area contributed by atoms with Gasteiger partial charge >= 0.3 is 6.09 Å². The molecular weight excluding hydrogens is 300 g/mol. The van der Waals surface area contributed by atoms with Crippen molar-refractivity contribution in [2.75, 3.05) is 18.8 Å². The van der Waals surface area contributed by atoms with Crippen molar-refractivity contribution in [2.45, 2.75) is 38.5 Å². The molecule has 1 aliphatic heterocycles. The minimum atomic E-state index is -0.915. The van der Waals surface area contributed by atoms with Crippen molar-refractivity contribution >= 4 is 16.9 Å². The Kier molecular flexibility index (Phi) is 5.56. The van der Waals surface area contributed by atoms with E-state index < -0.39 is 16.4 Å². The first kappa shape index (κ1) is 16.9. The van der Waals surface area contributed by atoms with E-state index in [2.05, 4.69) is 4.98 Å². The Labute approximate surface area is 134 Å². The first-order valence-electron chi connectivity index (χ1n) is 7.55. The molecule has 1 amide bonds. The third kappa shape index (κ3) is 5.40. The van der Waals surface area contributed by atoms with Gasteiger partial charge < -0.3 is 9.64 Å². The van der Waals surface area contributed by atoms with E-state index >= 15 is 0 Å². The highest BCUT2D eigenvalue weighted by molar-refractivity contribution is 7.84. The van der Waals surface area contributed by atoms with Crippen LogP contribution in [-0.4, -0.2) is 44.6 Å². The summed E-state index contributed by atoms with van der Waals surface area (Å²) >= 11 is 0. The zero-order valence-electron chi connectivity index (χ0n) is 13.4. The molecule has 0 saturated carbocycles. The van der Waals surface area contributed by atoms with Crippen LogP contribution < -0.4 is 0 Å². The molecule has 2 heterocycles. The molecule has 0 N–H and O–H groups in total. The lowest BCUT2D eigenvalue weighted by molar-refractivity contribution is 0.0289. The van der Waals surface area contributed by atoms with E-state index in [1.165, 1.54) is 0 Å². The normalized spacial score (nSPS) is 20.0. The Morgan fingerprint density at radius 3 is 2.73 bits per heavy atom. The fraction of sp³-hybridized carbons (Fsp3) is 0.625. The van der Waals surface area contributed by atoms with Crippen LogP contribution in [0.25, 0.3) is 0 Å². The minimum absolute atomic E-state index is 0.269. The molecule has 1 aromatic rings. The van der Waals surface area contributed by atoms with Crippen LogP contribution in [-0.2, 0) is 21.3 Å². The number of nitrogens with zero attached hydrogens (tertiary/aromatic N) is 2. The molecule has 0 radical (unpaired) electrons. The van der Waals surface area contributed by atoms with Crippen molar-refractivity contribution in [3.05, 3.63) is 30.1 Å². The Morgan fingerprint density at radius 1 is 1.41 bits per heavy atom. The lowest BCUT2D eigenvalue weighted by atomic mass is 10.2. The molecular formula is C16H24N2O3S. The number of hydrogen-bond acceptors (Lipinski definition) is 4. The number of pyridine rings is 1. The van der Waals surface area contributed by atoms with E-state index in [0.717, 1.165) is 12.0 Å². The number of amides is 1. The number of ether oxygens (including phenoxy) is 1. The maximum absolute atomic E-state index is 12.2. The lowest BCUT2D eigenvalue weighted by Crippen LogP contribution is -2.35. The highest BCUT2D eigenvalue weighted by atomic mass is 32.2. The summed E-state index contributed by atoms with van der Waals surface area (Å²) in [6.07, 6.45) is 4.05. The second-order valence-corrected chi connectivity index (χ2v) is 8.19. The van der Waals surface area contributed by atoms with Crippen LogP contribution in [0.15, 0.2) is 24.5 Å². The van der Waals surface area contributed by atoms with E-state index in [0.29, 0.717) is 24.6 Å². The minimum Gasteiger partial charge on any atom is -0.444 e. The van der Waals surface area contributed by atoms with E-state index in [9.17, 15) is 9.00 Å². The van der Waals surface area contributed by atoms with Crippen LogP contribution in [0.5, 0.6) is 0 Å². The maximum Gasteiger partial charge on any atom is 0.410 e. The Morgan fingerprint density at radius 2 is 2.09 bits per heavy atom. The molecule has 22 heavy (non-hydrogen) atoms. The van der Waals surface area contributed by atoms with Crippen LogP contribution in [0.2, 0.25) is 0 Å². The summed E-state index contributed by atoms with van der Waals surface area (Å²) in [7, 11) is -0.915. The van der Waals surface area contributed by atoms with E-state index in [-0.39, 0.29) is 12.0 Å². The van der Waals surface area contributed by atoms with Gasteiger partial charge in [0, 0.05) is 47.8 Å². The molecule has 5 nitrogen and oxygen atoms in total. The SMILES string of the molecule is CC(C)(C)OC(=O)N1CC[C@H](C[S@](=O)Cc2ccncc2)C1. The largest absolute Gasteiger partial charge is 0.444 e. The zero-order chi connectivity index (χ0) is 16.2. The molecule has 1 fully saturated rings. The molecule has 0 spiro atoms. The van der Waals surface area contributed by atoms with Crippen molar-refractivity contribution in [3.63, 3.8) is 0 Å². The maximum atomic E-state index is 12.2. The molecule has 1 aromatic heterocycles. The van der Waals surface area contributed by atoms with Gasteiger partial charge in [0.25, 0.3) is 0 Å². The number of likely N-dealkylation sites (tertiary alicyclic amines) is 1. The topological polar surface area (TPSA) is 59.5 Å². The average Bonchev–Trinajstić information content (AvgIpc) is 2.86. The van der Waals surface area contributed by atoms with Crippen LogP contribution in [0.1, 0.15) is 32.8 Å². The van der Waals surface area contributed by atoms with Gasteiger partial charge in [-0.15, -0.1) is 0 Å². The summed E-state index contributed by atoms with van der Waals surface area (Å²) in [5.74, 6) is 1.46. The summed E-state index contributed by atoms with van der Waals surface area (Å²) in [4.78, 5) is 17.7. The summed E-state index contributed by atoms with van der Waals surface area (Å²) < 4.78 is 17.6. The smallest absolute Gasteiger partial charge is 0.410 e. The van der Waals surface area contributed by atoms with Crippen molar-refractivity contribution < 1.29 is 13.7 Å². The summed E-state index contributed by atoms with van der Waals surface area (Å²) in [5, 5.41) is 0. The van der Waals surface area contributed by atoms with Crippen LogP contribution >= 0.6 is 0 Å². The third-order valence-electron chi connectivity index (χ3n) is 3.44. The third-order valence-corrected chi connectivity index (χ3v) is 4.93. The van der Waals surface area contributed by atoms with E-state index in [4.69, 9.17) is 4.74 Å². The van der Waals surface area contributed by atoms with Crippen molar-refractivity contribution in [2.24, 2.45) is 5.92 Å². The number of hydrogen-bond donors (Lipinski definition) is 0. The van der Waals surface area contributed by atoms with Crippen LogP contribution in [0, 0.1) is 5.92 Å². The molecule has 2 rings (SSSR count). The first-order chi connectivity index (χ1) is 10.3. The molecule has 0 aliphatic carbocycles. The monoisotopic (exact) mass is 324 g/mol. The molecule has 0 aromatic carbocycles. The van der Waals surface area contributed by atoms with Crippen LogP contribution in [0.4, 0.5) is 4.79 Å². The van der Waals surface area contributed by atoms with Crippen molar-refractivity contribution in [3.8, 4) is 0 Å². The zero-order valence-corrected chi connectivity index (χ0v) is 14.3. The van der Waals surface area contributed by atoms with Gasteiger partial charge in [0.1, 0.15) is 5.60 Å². The highest BCUT2D eigenvalue weighted by Crippen LogP contribution is 2.21. The number of rotatable bonds is 4. The fourth-order valence-corrected chi connectivity index (χ4v) is 3.93. The van der Waals surface area contributed by atoms with Gasteiger partial charge in [-0.2, -0.15) is 0 Å². The van der Waals surface area contributed by atoms with Crippen molar-refractivity contribution in [1.82, 2.24) is 9.88 Å². The van der Waals surface area contributed by atoms with Gasteiger partial charge in [-0.1, -0.05) is 0 Å². The van der Waals surface area contributed by atoms with Gasteiger partial charge in [0.05, 0.1) is 0 Å². The van der Waals surface area contributed by atoms with Gasteiger partial charge in [0.2, 0.25) is 0 Å².